The molecule has 0 fully saturated rings. The van der Waals surface area contributed by atoms with Gasteiger partial charge < -0.3 is 5.73 Å². The van der Waals surface area contributed by atoms with Crippen molar-refractivity contribution in [2.24, 2.45) is 5.73 Å². The summed E-state index contributed by atoms with van der Waals surface area (Å²) in [6, 6.07) is 5.89. The minimum Gasteiger partial charge on any atom is -0.330 e. The third-order valence-corrected chi connectivity index (χ3v) is 2.84. The molecule has 0 saturated carbocycles. The molecule has 1 rings (SSSR count). The molecule has 1 aromatic rings. The van der Waals surface area contributed by atoms with Gasteiger partial charge in [0.2, 0.25) is 0 Å². The predicted molar refractivity (Wildman–Crippen MR) is 58.8 cm³/mol. The molecule has 0 unspecified atom stereocenters. The fraction of sp³-hybridized carbons (Fsp3) is 0.400. The van der Waals surface area contributed by atoms with E-state index in [0.717, 1.165) is 30.0 Å². The zero-order valence-electron chi connectivity index (χ0n) is 7.94. The molecule has 0 aliphatic heterocycles. The first-order valence-corrected chi connectivity index (χ1v) is 5.65. The van der Waals surface area contributed by atoms with E-state index < -0.39 is 0 Å². The number of nitrogens with zero attached hydrogens (tertiary/aromatic N) is 2. The van der Waals surface area contributed by atoms with Gasteiger partial charge >= 0.3 is 0 Å². The number of hydrogen-bond donors (Lipinski definition) is 1. The quantitative estimate of drug-likeness (QED) is 0.744. The largest absolute Gasteiger partial charge is 0.330 e. The van der Waals surface area contributed by atoms with Crippen LogP contribution in [0.2, 0.25) is 0 Å². The van der Waals surface area contributed by atoms with Crippen LogP contribution >= 0.6 is 11.8 Å². The maximum Gasteiger partial charge on any atom is 0.144 e. The number of pyridine rings is 1. The number of aromatic nitrogens is 1. The summed E-state index contributed by atoms with van der Waals surface area (Å²) in [5.74, 6) is 1.88. The highest BCUT2D eigenvalue weighted by atomic mass is 32.2. The summed E-state index contributed by atoms with van der Waals surface area (Å²) in [7, 11) is 0. The Kier molecular flexibility index (Phi) is 5.05. The molecule has 3 nitrogen and oxygen atoms in total. The first-order valence-electron chi connectivity index (χ1n) is 4.50. The fourth-order valence-corrected chi connectivity index (χ4v) is 1.99. The van der Waals surface area contributed by atoms with Crippen LogP contribution in [0, 0.1) is 11.3 Å². The molecular formula is C10H13N3S. The van der Waals surface area contributed by atoms with E-state index in [-0.39, 0.29) is 0 Å². The van der Waals surface area contributed by atoms with Crippen LogP contribution in [0.15, 0.2) is 18.3 Å². The van der Waals surface area contributed by atoms with E-state index in [4.69, 9.17) is 11.0 Å². The van der Waals surface area contributed by atoms with Crippen LogP contribution in [0.1, 0.15) is 17.7 Å². The highest BCUT2D eigenvalue weighted by molar-refractivity contribution is 7.98. The van der Waals surface area contributed by atoms with Gasteiger partial charge in [0, 0.05) is 11.9 Å². The number of nitriles is 1. The van der Waals surface area contributed by atoms with Crippen LogP contribution in [0.4, 0.5) is 0 Å². The minimum absolute atomic E-state index is 0.535. The highest BCUT2D eigenvalue weighted by Gasteiger charge is 2.01. The van der Waals surface area contributed by atoms with Crippen molar-refractivity contribution in [3.8, 4) is 6.07 Å². The lowest BCUT2D eigenvalue weighted by Crippen LogP contribution is -2.00. The topological polar surface area (TPSA) is 62.7 Å². The molecule has 0 atom stereocenters. The Bertz CT molecular complexity index is 319. The first kappa shape index (κ1) is 11.0. The predicted octanol–water partition coefficient (Wildman–Crippen LogP) is 1.54. The molecule has 0 aromatic carbocycles. The molecule has 0 amide bonds. The van der Waals surface area contributed by atoms with Gasteiger partial charge in [-0.2, -0.15) is 17.0 Å². The summed E-state index contributed by atoms with van der Waals surface area (Å²) in [5, 5.41) is 8.78. The second kappa shape index (κ2) is 6.41. The zero-order chi connectivity index (χ0) is 10.2. The standard InChI is InChI=1S/C10H13N3S/c11-4-2-6-14-8-9-3-1-5-13-10(9)7-12/h1,3,5H,2,4,6,8,11H2. The SMILES string of the molecule is N#Cc1ncccc1CSCCCN. The second-order valence-corrected chi connectivity index (χ2v) is 3.92. The van der Waals surface area contributed by atoms with Crippen molar-refractivity contribution in [1.29, 1.82) is 5.26 Å². The van der Waals surface area contributed by atoms with E-state index in [2.05, 4.69) is 11.1 Å². The minimum atomic E-state index is 0.535. The van der Waals surface area contributed by atoms with Crippen molar-refractivity contribution in [3.05, 3.63) is 29.6 Å². The van der Waals surface area contributed by atoms with Gasteiger partial charge in [-0.25, -0.2) is 4.98 Å². The van der Waals surface area contributed by atoms with Crippen LogP contribution in [0.25, 0.3) is 0 Å². The summed E-state index contributed by atoms with van der Waals surface area (Å²) >= 11 is 1.79. The highest BCUT2D eigenvalue weighted by Crippen LogP contribution is 2.14. The number of hydrogen-bond acceptors (Lipinski definition) is 4. The van der Waals surface area contributed by atoms with Gasteiger partial charge in [-0.05, 0) is 30.3 Å². The summed E-state index contributed by atoms with van der Waals surface area (Å²) in [5.41, 5.74) is 6.93. The van der Waals surface area contributed by atoms with Gasteiger partial charge in [-0.3, -0.25) is 0 Å². The molecule has 0 aliphatic carbocycles. The smallest absolute Gasteiger partial charge is 0.144 e. The molecule has 0 aliphatic rings. The molecule has 0 bridgehead atoms. The van der Waals surface area contributed by atoms with E-state index >= 15 is 0 Å². The zero-order valence-corrected chi connectivity index (χ0v) is 8.76. The monoisotopic (exact) mass is 207 g/mol. The number of rotatable bonds is 5. The van der Waals surface area contributed by atoms with Gasteiger partial charge in [0.1, 0.15) is 11.8 Å². The Balaban J connectivity index is 2.46. The number of nitrogens with two attached hydrogens (primary N) is 1. The van der Waals surface area contributed by atoms with E-state index in [1.54, 1.807) is 18.0 Å². The molecule has 74 valence electrons. The fourth-order valence-electron chi connectivity index (χ4n) is 1.02. The average Bonchev–Trinajstić information content (AvgIpc) is 2.25. The molecule has 4 heteroatoms. The maximum absolute atomic E-state index is 8.78. The van der Waals surface area contributed by atoms with Crippen LogP contribution in [-0.4, -0.2) is 17.3 Å². The average molecular weight is 207 g/mol. The van der Waals surface area contributed by atoms with Crippen LogP contribution in [0.3, 0.4) is 0 Å². The summed E-state index contributed by atoms with van der Waals surface area (Å²) in [6.45, 7) is 0.727. The normalized spacial score (nSPS) is 9.71. The van der Waals surface area contributed by atoms with Crippen LogP contribution in [-0.2, 0) is 5.75 Å². The lowest BCUT2D eigenvalue weighted by molar-refractivity contribution is 0.942. The summed E-state index contributed by atoms with van der Waals surface area (Å²) < 4.78 is 0. The maximum atomic E-state index is 8.78. The Morgan fingerprint density at radius 3 is 3.14 bits per heavy atom. The molecule has 0 spiro atoms. The molecule has 0 radical (unpaired) electrons. The lowest BCUT2D eigenvalue weighted by atomic mass is 10.2. The lowest BCUT2D eigenvalue weighted by Gasteiger charge is -2.01. The van der Waals surface area contributed by atoms with Gasteiger partial charge in [-0.15, -0.1) is 0 Å². The molecule has 1 aromatic heterocycles. The molecule has 14 heavy (non-hydrogen) atoms. The molecular weight excluding hydrogens is 194 g/mol. The van der Waals surface area contributed by atoms with Crippen molar-refractivity contribution in [3.63, 3.8) is 0 Å². The van der Waals surface area contributed by atoms with Crippen LogP contribution in [0.5, 0.6) is 0 Å². The third-order valence-electron chi connectivity index (χ3n) is 1.75. The molecule has 0 saturated heterocycles. The van der Waals surface area contributed by atoms with E-state index in [0.29, 0.717) is 5.69 Å². The Morgan fingerprint density at radius 1 is 1.57 bits per heavy atom. The van der Waals surface area contributed by atoms with Crippen LogP contribution < -0.4 is 5.73 Å². The van der Waals surface area contributed by atoms with Gasteiger partial charge in [-0.1, -0.05) is 6.07 Å². The van der Waals surface area contributed by atoms with Crippen molar-refractivity contribution >= 4 is 11.8 Å². The van der Waals surface area contributed by atoms with Crippen molar-refractivity contribution in [1.82, 2.24) is 4.98 Å². The number of thioether (sulfide) groups is 1. The Morgan fingerprint density at radius 2 is 2.43 bits per heavy atom. The molecule has 2 N–H and O–H groups in total. The Labute approximate surface area is 88.3 Å². The van der Waals surface area contributed by atoms with E-state index in [1.165, 1.54) is 0 Å². The van der Waals surface area contributed by atoms with Gasteiger partial charge in [0.25, 0.3) is 0 Å². The summed E-state index contributed by atoms with van der Waals surface area (Å²) in [6.07, 6.45) is 2.67. The van der Waals surface area contributed by atoms with Gasteiger partial charge in [0.05, 0.1) is 0 Å². The third kappa shape index (κ3) is 3.36. The van der Waals surface area contributed by atoms with E-state index in [9.17, 15) is 0 Å². The Hall–Kier alpha value is -1.05. The van der Waals surface area contributed by atoms with Crippen molar-refractivity contribution < 1.29 is 0 Å². The first-order chi connectivity index (χ1) is 6.88. The molecule has 1 heterocycles. The van der Waals surface area contributed by atoms with Crippen molar-refractivity contribution in [2.45, 2.75) is 12.2 Å². The summed E-state index contributed by atoms with van der Waals surface area (Å²) in [4.78, 5) is 4.00. The second-order valence-electron chi connectivity index (χ2n) is 2.82. The van der Waals surface area contributed by atoms with E-state index in [1.807, 2.05) is 12.1 Å². The van der Waals surface area contributed by atoms with Crippen molar-refractivity contribution in [2.75, 3.05) is 12.3 Å². The van der Waals surface area contributed by atoms with Gasteiger partial charge in [0.15, 0.2) is 0 Å².